The molecule has 0 unspecified atom stereocenters. The number of hydrogen-bond acceptors (Lipinski definition) is 6. The van der Waals surface area contributed by atoms with E-state index in [1.807, 2.05) is 20.8 Å². The van der Waals surface area contributed by atoms with Crippen molar-refractivity contribution in [3.8, 4) is 0 Å². The second-order valence-corrected chi connectivity index (χ2v) is 11.4. The third-order valence-corrected chi connectivity index (χ3v) is 8.35. The number of amides is 2. The second kappa shape index (κ2) is 10.3. The fraction of sp³-hybridized carbons (Fsp3) is 0.320. The maximum atomic E-state index is 13.0. The highest BCUT2D eigenvalue weighted by Gasteiger charge is 2.28. The number of aryl methyl sites for hydroxylation is 2. The van der Waals surface area contributed by atoms with Crippen molar-refractivity contribution in [2.45, 2.75) is 51.0 Å². The topological polar surface area (TPSA) is 108 Å². The predicted molar refractivity (Wildman–Crippen MR) is 137 cm³/mol. The quantitative estimate of drug-likeness (QED) is 0.450. The monoisotopic (exact) mass is 512 g/mol. The zero-order chi connectivity index (χ0) is 25.2. The molecular weight excluding hydrogens is 484 g/mol. The molecule has 184 valence electrons. The van der Waals surface area contributed by atoms with Gasteiger partial charge in [-0.15, -0.1) is 11.3 Å². The van der Waals surface area contributed by atoms with Gasteiger partial charge in [0.05, 0.1) is 17.0 Å². The summed E-state index contributed by atoms with van der Waals surface area (Å²) in [5.41, 5.74) is 2.70. The normalized spacial score (nSPS) is 13.5. The molecule has 4 rings (SSSR count). The van der Waals surface area contributed by atoms with Crippen molar-refractivity contribution >= 4 is 44.0 Å². The van der Waals surface area contributed by atoms with E-state index >= 15 is 0 Å². The first-order chi connectivity index (χ1) is 16.7. The van der Waals surface area contributed by atoms with E-state index in [2.05, 4.69) is 15.0 Å². The number of carbonyl (C=O) groups excluding carboxylic acids is 2. The predicted octanol–water partition coefficient (Wildman–Crippen LogP) is 4.05. The van der Waals surface area contributed by atoms with E-state index in [0.717, 1.165) is 23.4 Å². The number of nitrogens with zero attached hydrogens (tertiary/aromatic N) is 2. The molecule has 8 nitrogen and oxygen atoms in total. The van der Waals surface area contributed by atoms with Crippen molar-refractivity contribution in [2.24, 2.45) is 0 Å². The number of sulfonamides is 1. The lowest BCUT2D eigenvalue weighted by Crippen LogP contribution is -2.30. The van der Waals surface area contributed by atoms with E-state index in [1.54, 1.807) is 41.3 Å². The van der Waals surface area contributed by atoms with E-state index in [4.69, 9.17) is 0 Å². The minimum atomic E-state index is -3.51. The van der Waals surface area contributed by atoms with Gasteiger partial charge in [0.2, 0.25) is 15.9 Å². The Bertz CT molecular complexity index is 1310. The number of anilines is 2. The number of carbonyl (C=O) groups is 2. The van der Waals surface area contributed by atoms with Crippen LogP contribution < -0.4 is 14.9 Å². The maximum absolute atomic E-state index is 13.0. The van der Waals surface area contributed by atoms with Crippen LogP contribution in [0.1, 0.15) is 46.3 Å². The van der Waals surface area contributed by atoms with Gasteiger partial charge in [-0.25, -0.2) is 18.1 Å². The molecular formula is C25H28N4O4S2. The van der Waals surface area contributed by atoms with Crippen LogP contribution in [-0.4, -0.2) is 37.8 Å². The molecule has 0 saturated heterocycles. The lowest BCUT2D eigenvalue weighted by atomic mass is 10.1. The molecule has 0 radical (unpaired) electrons. The summed E-state index contributed by atoms with van der Waals surface area (Å²) in [5, 5.41) is 3.49. The van der Waals surface area contributed by atoms with Gasteiger partial charge in [0, 0.05) is 28.7 Å². The lowest BCUT2D eigenvalue weighted by molar-refractivity contribution is -0.115. The number of aromatic nitrogens is 1. The number of hydrogen-bond donors (Lipinski definition) is 2. The molecule has 0 bridgehead atoms. The van der Waals surface area contributed by atoms with Crippen LogP contribution in [0.5, 0.6) is 0 Å². The van der Waals surface area contributed by atoms with E-state index in [9.17, 15) is 18.0 Å². The average molecular weight is 513 g/mol. The highest BCUT2D eigenvalue weighted by atomic mass is 32.2. The summed E-state index contributed by atoms with van der Waals surface area (Å²) >= 11 is 1.49. The third-order valence-electron chi connectivity index (χ3n) is 5.72. The highest BCUT2D eigenvalue weighted by molar-refractivity contribution is 7.89. The fourth-order valence-corrected chi connectivity index (χ4v) is 5.73. The van der Waals surface area contributed by atoms with Gasteiger partial charge in [-0.1, -0.05) is 12.1 Å². The van der Waals surface area contributed by atoms with Gasteiger partial charge < -0.3 is 5.32 Å². The van der Waals surface area contributed by atoms with Crippen LogP contribution in [0.3, 0.4) is 0 Å². The molecule has 2 amide bonds. The van der Waals surface area contributed by atoms with Crippen LogP contribution in [0.2, 0.25) is 0 Å². The van der Waals surface area contributed by atoms with Gasteiger partial charge in [-0.2, -0.15) is 0 Å². The van der Waals surface area contributed by atoms with E-state index < -0.39 is 10.0 Å². The Morgan fingerprint density at radius 3 is 2.26 bits per heavy atom. The zero-order valence-corrected chi connectivity index (χ0v) is 21.5. The Balaban J connectivity index is 1.35. The van der Waals surface area contributed by atoms with Crippen LogP contribution in [0.15, 0.2) is 53.4 Å². The Hall–Kier alpha value is -3.08. The summed E-state index contributed by atoms with van der Waals surface area (Å²) < 4.78 is 27.2. The molecule has 0 aliphatic heterocycles. The molecule has 35 heavy (non-hydrogen) atoms. The smallest absolute Gasteiger partial charge is 0.260 e. The summed E-state index contributed by atoms with van der Waals surface area (Å²) in [4.78, 5) is 32.9. The van der Waals surface area contributed by atoms with Crippen molar-refractivity contribution in [3.63, 3.8) is 0 Å². The standard InChI is InChI=1S/C25H28N4O4S2/c1-4-29(25-26-16(2)17(3)34-25)24(31)19-7-9-20(10-8-19)27-23(30)15-18-5-13-22(14-6-18)35(32,33)28-21-11-12-21/h5-10,13-14,21,28H,4,11-12,15H2,1-3H3,(H,27,30). The van der Waals surface area contributed by atoms with Crippen molar-refractivity contribution in [1.29, 1.82) is 0 Å². The number of benzene rings is 2. The van der Waals surface area contributed by atoms with Crippen molar-refractivity contribution < 1.29 is 18.0 Å². The van der Waals surface area contributed by atoms with Crippen LogP contribution in [-0.2, 0) is 21.2 Å². The van der Waals surface area contributed by atoms with Crippen LogP contribution in [0.4, 0.5) is 10.8 Å². The Morgan fingerprint density at radius 1 is 1.06 bits per heavy atom. The van der Waals surface area contributed by atoms with Crippen LogP contribution >= 0.6 is 11.3 Å². The molecule has 1 aliphatic rings. The number of rotatable bonds is 9. The van der Waals surface area contributed by atoms with Gasteiger partial charge >= 0.3 is 0 Å². The average Bonchev–Trinajstić information content (AvgIpc) is 3.56. The second-order valence-electron chi connectivity index (χ2n) is 8.53. The molecule has 0 spiro atoms. The first-order valence-corrected chi connectivity index (χ1v) is 13.7. The number of thiazole rings is 1. The lowest BCUT2D eigenvalue weighted by Gasteiger charge is -2.18. The molecule has 1 fully saturated rings. The summed E-state index contributed by atoms with van der Waals surface area (Å²) in [7, 11) is -3.51. The molecule has 0 atom stereocenters. The molecule has 10 heteroatoms. The fourth-order valence-electron chi connectivity index (χ4n) is 3.45. The van der Waals surface area contributed by atoms with Gasteiger partial charge in [-0.05, 0) is 75.6 Å². The van der Waals surface area contributed by atoms with Gasteiger partial charge in [0.1, 0.15) is 0 Å². The zero-order valence-electron chi connectivity index (χ0n) is 19.9. The minimum absolute atomic E-state index is 0.0398. The molecule has 1 saturated carbocycles. The molecule has 1 heterocycles. The van der Waals surface area contributed by atoms with Gasteiger partial charge in [-0.3, -0.25) is 14.5 Å². The van der Waals surface area contributed by atoms with Gasteiger partial charge in [0.15, 0.2) is 5.13 Å². The summed E-state index contributed by atoms with van der Waals surface area (Å²) in [6.07, 6.45) is 1.84. The maximum Gasteiger partial charge on any atom is 0.260 e. The van der Waals surface area contributed by atoms with Crippen molar-refractivity contribution in [3.05, 3.63) is 70.2 Å². The van der Waals surface area contributed by atoms with E-state index in [-0.39, 0.29) is 29.2 Å². The first-order valence-electron chi connectivity index (χ1n) is 11.4. The SMILES string of the molecule is CCN(C(=O)c1ccc(NC(=O)Cc2ccc(S(=O)(=O)NC3CC3)cc2)cc1)c1nc(C)c(C)s1. The molecule has 1 aliphatic carbocycles. The van der Waals surface area contributed by atoms with Crippen molar-refractivity contribution in [1.82, 2.24) is 9.71 Å². The molecule has 3 aromatic rings. The summed E-state index contributed by atoms with van der Waals surface area (Å²) in [6.45, 7) is 6.31. The molecule has 2 N–H and O–H groups in total. The largest absolute Gasteiger partial charge is 0.326 e. The summed E-state index contributed by atoms with van der Waals surface area (Å²) in [5.74, 6) is -0.384. The third kappa shape index (κ3) is 6.14. The van der Waals surface area contributed by atoms with E-state index in [0.29, 0.717) is 28.5 Å². The van der Waals surface area contributed by atoms with E-state index in [1.165, 1.54) is 23.5 Å². The Morgan fingerprint density at radius 2 is 1.71 bits per heavy atom. The Kier molecular flexibility index (Phi) is 7.34. The highest BCUT2D eigenvalue weighted by Crippen LogP contribution is 2.27. The van der Waals surface area contributed by atoms with Crippen LogP contribution in [0.25, 0.3) is 0 Å². The summed E-state index contributed by atoms with van der Waals surface area (Å²) in [6, 6.07) is 13.1. The van der Waals surface area contributed by atoms with Crippen LogP contribution in [0, 0.1) is 13.8 Å². The minimum Gasteiger partial charge on any atom is -0.326 e. The van der Waals surface area contributed by atoms with Crippen molar-refractivity contribution in [2.75, 3.05) is 16.8 Å². The van der Waals surface area contributed by atoms with Gasteiger partial charge in [0.25, 0.3) is 5.91 Å². The molecule has 2 aromatic carbocycles. The number of nitrogens with one attached hydrogen (secondary N) is 2. The first kappa shape index (κ1) is 25.0. The molecule has 1 aromatic heterocycles. The Labute approximate surface area is 209 Å².